The van der Waals surface area contributed by atoms with Crippen molar-refractivity contribution in [2.75, 3.05) is 64.9 Å². The second-order valence-corrected chi connectivity index (χ2v) is 29.9. The number of ether oxygens (including phenoxy) is 7. The van der Waals surface area contributed by atoms with E-state index in [9.17, 15) is 34.0 Å². The molecule has 0 radical (unpaired) electrons. The van der Waals surface area contributed by atoms with E-state index in [1.807, 2.05) is 121 Å². The Morgan fingerprint density at radius 1 is 0.640 bits per heavy atom. The van der Waals surface area contributed by atoms with Crippen LogP contribution in [-0.4, -0.2) is 158 Å². The van der Waals surface area contributed by atoms with Crippen LogP contribution in [0.15, 0.2) is 177 Å². The zero-order valence-corrected chi connectivity index (χ0v) is 64.7. The minimum Gasteiger partial charge on any atom is -0.497 e. The summed E-state index contributed by atoms with van der Waals surface area (Å²) in [5, 5.41) is 18.5. The number of anilines is 2. The molecular weight excluding hydrogens is 1480 g/mol. The molecule has 1 aliphatic carbocycles. The summed E-state index contributed by atoms with van der Waals surface area (Å²) in [6.07, 6.45) is -1.28. The van der Waals surface area contributed by atoms with Gasteiger partial charge in [0.25, 0.3) is 5.91 Å². The van der Waals surface area contributed by atoms with Crippen LogP contribution >= 0.6 is 7.82 Å². The Balaban J connectivity index is 0.743. The number of carbonyl (C=O) groups is 6. The van der Waals surface area contributed by atoms with Crippen LogP contribution in [0.1, 0.15) is 141 Å². The Morgan fingerprint density at radius 3 is 1.80 bits per heavy atom. The summed E-state index contributed by atoms with van der Waals surface area (Å²) in [4.78, 5) is 108. The molecule has 2 saturated heterocycles. The lowest BCUT2D eigenvalue weighted by atomic mass is 9.80. The van der Waals surface area contributed by atoms with Gasteiger partial charge < -0.3 is 58.8 Å². The highest BCUT2D eigenvalue weighted by atomic mass is 31.2. The summed E-state index contributed by atoms with van der Waals surface area (Å²) in [6.45, 7) is 4.77. The summed E-state index contributed by atoms with van der Waals surface area (Å²) in [7, 11) is -0.191. The van der Waals surface area contributed by atoms with Crippen molar-refractivity contribution in [1.29, 1.82) is 5.26 Å². The number of amides is 4. The van der Waals surface area contributed by atoms with Crippen molar-refractivity contribution in [3.63, 3.8) is 0 Å². The molecule has 2 fully saturated rings. The molecule has 3 aliphatic rings. The van der Waals surface area contributed by atoms with Gasteiger partial charge >= 0.3 is 19.9 Å². The number of nitriles is 1. The number of nitrogens with zero attached hydrogens (tertiary/aromatic N) is 10. The van der Waals surface area contributed by atoms with E-state index in [-0.39, 0.29) is 116 Å². The zero-order chi connectivity index (χ0) is 79.9. The number of carbonyl (C=O) groups excluding carboxylic acids is 6. The van der Waals surface area contributed by atoms with E-state index in [1.165, 1.54) is 37.1 Å². The maximum absolute atomic E-state index is 15.8. The molecule has 4 amide bonds. The third kappa shape index (κ3) is 18.8. The molecule has 592 valence electrons. The monoisotopic (exact) mass is 1570 g/mol. The van der Waals surface area contributed by atoms with Crippen LogP contribution in [0.2, 0.25) is 0 Å². The number of benzene rings is 6. The van der Waals surface area contributed by atoms with Gasteiger partial charge in [0.2, 0.25) is 11.8 Å². The summed E-state index contributed by atoms with van der Waals surface area (Å²) < 4.78 is 82.2. The van der Waals surface area contributed by atoms with Gasteiger partial charge in [-0.05, 0) is 107 Å². The molecule has 3 N–H and O–H groups in total. The van der Waals surface area contributed by atoms with E-state index in [1.54, 1.807) is 54.7 Å². The molecule has 0 spiro atoms. The van der Waals surface area contributed by atoms with Crippen LogP contribution in [-0.2, 0) is 73.1 Å². The first kappa shape index (κ1) is 80.4. The third-order valence-corrected chi connectivity index (χ3v) is 21.6. The highest BCUT2D eigenvalue weighted by molar-refractivity contribution is 7.48. The van der Waals surface area contributed by atoms with Crippen molar-refractivity contribution < 1.29 is 80.1 Å². The normalized spacial score (nSPS) is 17.7. The number of hydrogen-bond acceptors (Lipinski definition) is 24. The van der Waals surface area contributed by atoms with Crippen LogP contribution in [0, 0.1) is 17.2 Å². The number of Topliss-reactive ketones (excluding diaryl/α,β-unsaturated/α-hetero) is 1. The number of fused-ring (bicyclic) bond motifs is 5. The number of rotatable bonds is 36. The summed E-state index contributed by atoms with van der Waals surface area (Å²) >= 11 is 0. The lowest BCUT2D eigenvalue weighted by molar-refractivity contribution is -0.153. The number of hydrogen-bond donors (Lipinski definition) is 3. The van der Waals surface area contributed by atoms with Gasteiger partial charge in [-0.25, -0.2) is 39.3 Å². The van der Waals surface area contributed by atoms with E-state index in [0.29, 0.717) is 52.6 Å². The molecule has 6 aromatic carbocycles. The van der Waals surface area contributed by atoms with Crippen molar-refractivity contribution in [2.45, 2.75) is 133 Å². The fourth-order valence-corrected chi connectivity index (χ4v) is 15.5. The Morgan fingerprint density at radius 2 is 1.21 bits per heavy atom. The number of phosphoric ester groups is 1. The first-order chi connectivity index (χ1) is 55.3. The molecule has 4 aromatic heterocycles. The predicted octanol–water partition coefficient (Wildman–Crippen LogP) is 12.9. The number of ketones is 1. The number of imidazole rings is 2. The minimum atomic E-state index is -4.94. The van der Waals surface area contributed by atoms with Crippen molar-refractivity contribution in [2.24, 2.45) is 5.92 Å². The Labute approximate surface area is 657 Å². The summed E-state index contributed by atoms with van der Waals surface area (Å²) in [6, 6.07) is 49.3. The Bertz CT molecular complexity index is 5070. The van der Waals surface area contributed by atoms with E-state index >= 15 is 4.57 Å². The fourth-order valence-electron chi connectivity index (χ4n) is 14.1. The topological polar surface area (TPSA) is 362 Å². The van der Waals surface area contributed by atoms with Gasteiger partial charge in [-0.3, -0.25) is 41.9 Å². The summed E-state index contributed by atoms with van der Waals surface area (Å²) in [5.74, 6) is -0.350. The molecule has 3 unspecified atom stereocenters. The number of aromatic nitrogens is 8. The molecule has 31 heteroatoms. The maximum atomic E-state index is 15.8. The highest BCUT2D eigenvalue weighted by Crippen LogP contribution is 2.55. The zero-order valence-electron chi connectivity index (χ0n) is 63.8. The SMILES string of the molecule is COc1ccc(C(OC[C@H]2O[C@@H](n3cnc4c(NC(=O)c5ccc(CNC(=O)CCC(C)C)cc5)ncnc43)CC2OP(=O)(OCCC#N)OC[C@H]2O[C@@H](n3cnc4c(NC(=O)CCCN(C)C(=O)OCC5c6ccccc6-c6ccccc65)ncnc43)CC2OC(=O)CCC(C)=O)(c2ccccc2)c2ccc(OC)cc2)cc1. The standard InChI is InChI=1S/C83H88N13O17P/c1-52(2)23-37-70(98)85-44-54-25-27-55(28-26-54)81(101)93-78-76-80(89-49-87-78)96(51-91-76)73-43-67(68(110-73)46-107-83(56-16-8-7-9-17-56,57-29-33-59(104-5)34-30-57)58-31-35-60(105-6)36-32-58)113-114(103,108-41-15-39-84)109-47-69-66(112-74(100)38-24-53(3)97)42-72(111-69)95-50-90-75-77(86-48-88-79(75)95)92-71(99)22-14-40-94(4)82(102)106-45-65-63-20-12-10-18-61(63)62-19-11-13-21-64(62)65/h7-13,16-21,25-36,48-52,65-69,72-73H,14-15,22-24,37-38,40-47H2,1-6H3,(H,85,98)(H,86,88,92,99)(H,87,89,93,101)/t66?,67?,68-,69-,72-,73-,114?/m1/s1. The quantitative estimate of drug-likeness (QED) is 0.0142. The molecule has 10 aromatic rings. The average molecular weight is 1570 g/mol. The van der Waals surface area contributed by atoms with Crippen molar-refractivity contribution >= 4 is 77.4 Å². The van der Waals surface area contributed by atoms with Gasteiger partial charge in [-0.15, -0.1) is 0 Å². The van der Waals surface area contributed by atoms with Crippen molar-refractivity contribution in [3.05, 3.63) is 216 Å². The first-order valence-electron chi connectivity index (χ1n) is 37.6. The lowest BCUT2D eigenvalue weighted by Crippen LogP contribution is -2.38. The second kappa shape index (κ2) is 36.9. The minimum absolute atomic E-state index is 0.000436. The van der Waals surface area contributed by atoms with Gasteiger partial charge in [0.15, 0.2) is 34.0 Å². The average Bonchev–Trinajstić information content (AvgIpc) is 1.77. The molecule has 114 heavy (non-hydrogen) atoms. The van der Waals surface area contributed by atoms with E-state index in [0.717, 1.165) is 34.2 Å². The van der Waals surface area contributed by atoms with Crippen LogP contribution in [0.3, 0.4) is 0 Å². The smallest absolute Gasteiger partial charge is 0.475 e. The lowest BCUT2D eigenvalue weighted by Gasteiger charge is -2.37. The van der Waals surface area contributed by atoms with Crippen LogP contribution < -0.4 is 25.4 Å². The van der Waals surface area contributed by atoms with Crippen LogP contribution in [0.4, 0.5) is 16.4 Å². The molecule has 2 aliphatic heterocycles. The van der Waals surface area contributed by atoms with Crippen LogP contribution in [0.5, 0.6) is 11.5 Å². The second-order valence-electron chi connectivity index (χ2n) is 28.2. The van der Waals surface area contributed by atoms with Gasteiger partial charge in [-0.2, -0.15) is 5.26 Å². The number of phosphoric acid groups is 1. The van der Waals surface area contributed by atoms with Crippen molar-refractivity contribution in [3.8, 4) is 28.7 Å². The number of esters is 1. The van der Waals surface area contributed by atoms with Gasteiger partial charge in [0, 0.05) is 63.7 Å². The Kier molecular flexibility index (Phi) is 26.0. The first-order valence-corrected chi connectivity index (χ1v) is 39.1. The third-order valence-electron chi connectivity index (χ3n) is 20.1. The molecule has 0 saturated carbocycles. The van der Waals surface area contributed by atoms with E-state index in [2.05, 4.69) is 71.8 Å². The largest absolute Gasteiger partial charge is 0.497 e. The molecule has 0 bridgehead atoms. The maximum Gasteiger partial charge on any atom is 0.475 e. The summed E-state index contributed by atoms with van der Waals surface area (Å²) in [5.41, 5.74) is 7.00. The fraction of sp³-hybridized carbons (Fsp3) is 0.361. The highest BCUT2D eigenvalue weighted by Gasteiger charge is 2.48. The van der Waals surface area contributed by atoms with E-state index in [4.69, 9.17) is 46.7 Å². The van der Waals surface area contributed by atoms with Crippen molar-refractivity contribution in [1.82, 2.24) is 49.3 Å². The Hall–Kier alpha value is -11.7. The molecule has 7 atom stereocenters. The molecular formula is C83H88N13O17P. The van der Waals surface area contributed by atoms with Crippen LogP contribution in [0.25, 0.3) is 33.5 Å². The number of nitrogens with one attached hydrogen (secondary N) is 3. The van der Waals surface area contributed by atoms with Gasteiger partial charge in [0.05, 0.1) is 65.6 Å². The molecule has 30 nitrogen and oxygen atoms in total. The molecule has 6 heterocycles. The van der Waals surface area contributed by atoms with E-state index < -0.39 is 87.4 Å². The van der Waals surface area contributed by atoms with Gasteiger partial charge in [-0.1, -0.05) is 129 Å². The van der Waals surface area contributed by atoms with Gasteiger partial charge in [0.1, 0.15) is 79.0 Å². The predicted molar refractivity (Wildman–Crippen MR) is 416 cm³/mol. The number of methoxy groups -OCH3 is 2. The molecule has 13 rings (SSSR count).